The number of carbonyl (C=O) groups excluding carboxylic acids is 1. The molecule has 1 fully saturated rings. The Balaban J connectivity index is 1.82. The second-order valence-corrected chi connectivity index (χ2v) is 8.11. The number of aliphatic imine (C=N–C) groups is 1. The zero-order valence-corrected chi connectivity index (χ0v) is 15.6. The molecule has 2 aliphatic rings. The number of nitrogens with two attached hydrogens (primary N) is 1. The summed E-state index contributed by atoms with van der Waals surface area (Å²) in [5.74, 6) is 0.323. The summed E-state index contributed by atoms with van der Waals surface area (Å²) >= 11 is 1.45. The van der Waals surface area contributed by atoms with Crippen LogP contribution in [0.5, 0.6) is 0 Å². The summed E-state index contributed by atoms with van der Waals surface area (Å²) in [6.45, 7) is 1.93. The number of benzene rings is 1. The molecule has 0 bridgehead atoms. The second-order valence-electron chi connectivity index (χ2n) is 7.20. The van der Waals surface area contributed by atoms with E-state index in [2.05, 4.69) is 18.2 Å². The van der Waals surface area contributed by atoms with Gasteiger partial charge in [0.1, 0.15) is 11.6 Å². The molecule has 6 heteroatoms. The third-order valence-corrected chi connectivity index (χ3v) is 6.53. The molecule has 0 unspecified atom stereocenters. The van der Waals surface area contributed by atoms with Crippen molar-refractivity contribution in [3.05, 3.63) is 57.3 Å². The third-order valence-electron chi connectivity index (χ3n) is 5.38. The first-order valence-corrected chi connectivity index (χ1v) is 9.54. The number of hydrogen-bond donors (Lipinski definition) is 1. The van der Waals surface area contributed by atoms with Crippen molar-refractivity contribution in [1.29, 1.82) is 5.26 Å². The number of nitrogens with zero attached hydrogens (tertiary/aromatic N) is 3. The van der Waals surface area contributed by atoms with Crippen LogP contribution in [0.25, 0.3) is 0 Å². The average Bonchev–Trinajstić information content (AvgIpc) is 3.36. The van der Waals surface area contributed by atoms with Crippen LogP contribution in [0.1, 0.15) is 53.2 Å². The molecule has 0 saturated heterocycles. The van der Waals surface area contributed by atoms with Crippen LogP contribution < -0.4 is 5.73 Å². The summed E-state index contributed by atoms with van der Waals surface area (Å²) in [7, 11) is 1.65. The van der Waals surface area contributed by atoms with E-state index in [0.29, 0.717) is 11.5 Å². The van der Waals surface area contributed by atoms with Crippen molar-refractivity contribution in [2.24, 2.45) is 10.7 Å². The van der Waals surface area contributed by atoms with Crippen LogP contribution in [0.2, 0.25) is 0 Å². The molecular formula is C20H20N4OS. The molecule has 1 aliphatic heterocycles. The van der Waals surface area contributed by atoms with Gasteiger partial charge >= 0.3 is 0 Å². The SMILES string of the molecule is CN1C(=O)[C@H](c2ccc(C3CC3)cc2)[C@@](C)(c2cc(C#N)cs2)N=C1N. The van der Waals surface area contributed by atoms with Gasteiger partial charge in [-0.1, -0.05) is 24.3 Å². The van der Waals surface area contributed by atoms with Crippen molar-refractivity contribution in [2.45, 2.75) is 37.1 Å². The van der Waals surface area contributed by atoms with E-state index < -0.39 is 11.5 Å². The maximum atomic E-state index is 13.1. The molecular weight excluding hydrogens is 344 g/mol. The lowest BCUT2D eigenvalue weighted by molar-refractivity contribution is -0.130. The minimum atomic E-state index is -0.825. The number of likely N-dealkylation sites (N-methyl/N-ethyl adjacent to an activating group) is 1. The zero-order chi connectivity index (χ0) is 18.5. The van der Waals surface area contributed by atoms with E-state index in [1.54, 1.807) is 12.4 Å². The molecule has 1 aromatic heterocycles. The summed E-state index contributed by atoms with van der Waals surface area (Å²) in [6, 6.07) is 12.3. The highest BCUT2D eigenvalue weighted by Gasteiger charge is 2.48. The van der Waals surface area contributed by atoms with Gasteiger partial charge in [-0.3, -0.25) is 9.69 Å². The van der Waals surface area contributed by atoms with E-state index in [1.807, 2.05) is 25.1 Å². The Morgan fingerprint density at radius 1 is 1.31 bits per heavy atom. The minimum absolute atomic E-state index is 0.0777. The van der Waals surface area contributed by atoms with E-state index in [-0.39, 0.29) is 11.9 Å². The van der Waals surface area contributed by atoms with Crippen molar-refractivity contribution in [1.82, 2.24) is 4.90 Å². The van der Waals surface area contributed by atoms with Gasteiger partial charge in [0, 0.05) is 17.3 Å². The van der Waals surface area contributed by atoms with E-state index in [0.717, 1.165) is 10.4 Å². The number of carbonyl (C=O) groups is 1. The Bertz CT molecular complexity index is 935. The van der Waals surface area contributed by atoms with Gasteiger partial charge < -0.3 is 5.73 Å². The molecule has 2 N–H and O–H groups in total. The number of thiophene rings is 1. The fourth-order valence-corrected chi connectivity index (χ4v) is 4.60. The van der Waals surface area contributed by atoms with E-state index in [1.165, 1.54) is 34.6 Å². The third kappa shape index (κ3) is 2.60. The molecule has 2 aromatic rings. The molecule has 26 heavy (non-hydrogen) atoms. The number of nitriles is 1. The molecule has 132 valence electrons. The van der Waals surface area contributed by atoms with Crippen LogP contribution in [0.3, 0.4) is 0 Å². The van der Waals surface area contributed by atoms with Crippen LogP contribution >= 0.6 is 11.3 Å². The van der Waals surface area contributed by atoms with Gasteiger partial charge in [0.2, 0.25) is 5.91 Å². The average molecular weight is 364 g/mol. The van der Waals surface area contributed by atoms with Crippen LogP contribution in [-0.2, 0) is 10.3 Å². The molecule has 1 aliphatic carbocycles. The Hall–Kier alpha value is -2.65. The monoisotopic (exact) mass is 364 g/mol. The van der Waals surface area contributed by atoms with Crippen molar-refractivity contribution in [3.63, 3.8) is 0 Å². The molecule has 4 rings (SSSR count). The number of hydrogen-bond acceptors (Lipinski definition) is 5. The summed E-state index contributed by atoms with van der Waals surface area (Å²) in [5, 5.41) is 11.0. The van der Waals surface area contributed by atoms with Crippen LogP contribution in [-0.4, -0.2) is 23.8 Å². The Morgan fingerprint density at radius 3 is 2.54 bits per heavy atom. The smallest absolute Gasteiger partial charge is 0.239 e. The zero-order valence-electron chi connectivity index (χ0n) is 14.8. The quantitative estimate of drug-likeness (QED) is 0.907. The molecule has 0 radical (unpaired) electrons. The number of rotatable bonds is 3. The van der Waals surface area contributed by atoms with Crippen molar-refractivity contribution in [2.75, 3.05) is 7.05 Å². The van der Waals surface area contributed by atoms with E-state index in [4.69, 9.17) is 10.7 Å². The minimum Gasteiger partial charge on any atom is -0.369 e. The van der Waals surface area contributed by atoms with Gasteiger partial charge in [-0.25, -0.2) is 4.99 Å². The molecule has 5 nitrogen and oxygen atoms in total. The lowest BCUT2D eigenvalue weighted by atomic mass is 9.77. The highest BCUT2D eigenvalue weighted by Crippen LogP contribution is 2.47. The normalized spacial score (nSPS) is 25.7. The molecule has 1 aromatic carbocycles. The van der Waals surface area contributed by atoms with Gasteiger partial charge in [0.15, 0.2) is 5.96 Å². The fourth-order valence-electron chi connectivity index (χ4n) is 3.63. The maximum absolute atomic E-state index is 13.1. The Kier molecular flexibility index (Phi) is 3.85. The maximum Gasteiger partial charge on any atom is 0.239 e. The van der Waals surface area contributed by atoms with Gasteiger partial charge in [0.25, 0.3) is 0 Å². The lowest BCUT2D eigenvalue weighted by Crippen LogP contribution is -2.52. The van der Waals surface area contributed by atoms with Crippen molar-refractivity contribution < 1.29 is 4.79 Å². The van der Waals surface area contributed by atoms with Gasteiger partial charge in [-0.2, -0.15) is 5.26 Å². The van der Waals surface area contributed by atoms with Crippen LogP contribution in [0, 0.1) is 11.3 Å². The molecule has 2 atom stereocenters. The van der Waals surface area contributed by atoms with Crippen LogP contribution in [0.4, 0.5) is 0 Å². The predicted molar refractivity (Wildman–Crippen MR) is 102 cm³/mol. The lowest BCUT2D eigenvalue weighted by Gasteiger charge is -2.40. The first-order valence-electron chi connectivity index (χ1n) is 8.66. The van der Waals surface area contributed by atoms with Gasteiger partial charge in [0.05, 0.1) is 11.5 Å². The highest BCUT2D eigenvalue weighted by atomic mass is 32.1. The predicted octanol–water partition coefficient (Wildman–Crippen LogP) is 3.28. The standard InChI is InChI=1S/C20H20N4OS/c1-20(16-9-12(10-21)11-26-16)17(18(25)24(2)19(22)23-20)15-7-5-14(6-8-15)13-3-4-13/h5-9,11,13,17H,3-4H2,1-2H3,(H2,22,23)/t17-,20+/m0/s1. The van der Waals surface area contributed by atoms with Crippen molar-refractivity contribution >= 4 is 23.2 Å². The Labute approximate surface area is 156 Å². The summed E-state index contributed by atoms with van der Waals surface area (Å²) in [4.78, 5) is 20.1. The summed E-state index contributed by atoms with van der Waals surface area (Å²) in [5.41, 5.74) is 8.04. The van der Waals surface area contributed by atoms with E-state index >= 15 is 0 Å². The second kappa shape index (κ2) is 5.96. The number of guanidine groups is 1. The van der Waals surface area contributed by atoms with E-state index in [9.17, 15) is 10.1 Å². The molecule has 2 heterocycles. The van der Waals surface area contributed by atoms with Gasteiger partial charge in [-0.15, -0.1) is 11.3 Å². The topological polar surface area (TPSA) is 82.5 Å². The molecule has 1 amide bonds. The summed E-state index contributed by atoms with van der Waals surface area (Å²) in [6.07, 6.45) is 2.49. The van der Waals surface area contributed by atoms with Crippen molar-refractivity contribution in [3.8, 4) is 6.07 Å². The molecule has 1 saturated carbocycles. The van der Waals surface area contributed by atoms with Crippen LogP contribution in [0.15, 0.2) is 40.7 Å². The Morgan fingerprint density at radius 2 is 1.96 bits per heavy atom. The first-order chi connectivity index (χ1) is 12.4. The molecule has 0 spiro atoms. The van der Waals surface area contributed by atoms with Gasteiger partial charge in [-0.05, 0) is 42.9 Å². The summed E-state index contributed by atoms with van der Waals surface area (Å²) < 4.78 is 0. The number of amides is 1. The fraction of sp³-hybridized carbons (Fsp3) is 0.350. The first kappa shape index (κ1) is 16.8. The largest absolute Gasteiger partial charge is 0.369 e. The highest BCUT2D eigenvalue weighted by molar-refractivity contribution is 7.10.